The fourth-order valence-corrected chi connectivity index (χ4v) is 2.91. The van der Waals surface area contributed by atoms with Crippen LogP contribution in [0.5, 0.6) is 0 Å². The summed E-state index contributed by atoms with van der Waals surface area (Å²) in [6.45, 7) is 10.7. The maximum atomic E-state index is 12.9. The van der Waals surface area contributed by atoms with Gasteiger partial charge in [-0.1, -0.05) is 60.8 Å². The Labute approximate surface area is 223 Å². The monoisotopic (exact) mass is 553 g/mol. The summed E-state index contributed by atoms with van der Waals surface area (Å²) in [5, 5.41) is 14.5. The van der Waals surface area contributed by atoms with Gasteiger partial charge in [0.25, 0.3) is 5.91 Å². The van der Waals surface area contributed by atoms with Crippen LogP contribution < -0.4 is 16.1 Å². The Balaban J connectivity index is 4.94. The van der Waals surface area contributed by atoms with Crippen LogP contribution >= 0.6 is 34.8 Å². The molecule has 35 heavy (non-hydrogen) atoms. The molecule has 0 heterocycles. The average molecular weight is 555 g/mol. The number of ether oxygens (including phenoxy) is 1. The molecule has 0 aliphatic carbocycles. The Hall–Kier alpha value is -1.65. The first kappa shape index (κ1) is 33.4. The maximum Gasteiger partial charge on any atom is 0.258 e. The van der Waals surface area contributed by atoms with Crippen molar-refractivity contribution in [3.05, 3.63) is 24.3 Å². The lowest BCUT2D eigenvalue weighted by Crippen LogP contribution is -2.57. The number of likely N-dealkylation sites (N-methyl/N-ethyl adjacent to an activating group) is 1. The standard InChI is InChI=1S/C23H38Cl3N5O4/c1-8-9-17(27)10-11-22(5,6)21(34)30-18(15(2)3)19(32)29-16(4)20(33)31(7)28-12-13-35-14-23(24,25)26/h8-11,15-16,18,27-28H,12-14H2,1-7H3,(H,29,32)(H,30,34)/b9-8+,11-10+,27-17?. The van der Waals surface area contributed by atoms with E-state index in [0.29, 0.717) is 0 Å². The van der Waals surface area contributed by atoms with Crippen LogP contribution in [0.2, 0.25) is 0 Å². The maximum absolute atomic E-state index is 12.9. The van der Waals surface area contributed by atoms with Crippen LogP contribution in [-0.4, -0.2) is 71.1 Å². The van der Waals surface area contributed by atoms with Crippen molar-refractivity contribution in [3.8, 4) is 0 Å². The van der Waals surface area contributed by atoms with E-state index in [4.69, 9.17) is 44.9 Å². The highest BCUT2D eigenvalue weighted by Crippen LogP contribution is 2.25. The number of nitrogens with zero attached hydrogens (tertiary/aromatic N) is 1. The van der Waals surface area contributed by atoms with E-state index in [0.717, 1.165) is 0 Å². The lowest BCUT2D eigenvalue weighted by atomic mass is 9.90. The molecule has 3 amide bonds. The van der Waals surface area contributed by atoms with Crippen molar-refractivity contribution in [3.63, 3.8) is 0 Å². The molecule has 0 aromatic heterocycles. The number of hydrogen-bond donors (Lipinski definition) is 4. The Morgan fingerprint density at radius 1 is 1.09 bits per heavy atom. The van der Waals surface area contributed by atoms with Gasteiger partial charge < -0.3 is 20.8 Å². The van der Waals surface area contributed by atoms with Crippen LogP contribution in [0, 0.1) is 16.7 Å². The predicted molar refractivity (Wildman–Crippen MR) is 142 cm³/mol. The summed E-state index contributed by atoms with van der Waals surface area (Å²) in [6.07, 6.45) is 6.49. The molecule has 0 bridgehead atoms. The molecule has 0 saturated carbocycles. The van der Waals surface area contributed by atoms with E-state index < -0.39 is 27.2 Å². The van der Waals surface area contributed by atoms with Gasteiger partial charge in [0.2, 0.25) is 15.6 Å². The normalized spacial score (nSPS) is 14.3. The van der Waals surface area contributed by atoms with E-state index in [1.54, 1.807) is 59.8 Å². The van der Waals surface area contributed by atoms with Crippen molar-refractivity contribution in [2.45, 2.75) is 57.4 Å². The van der Waals surface area contributed by atoms with Gasteiger partial charge in [-0.2, -0.15) is 0 Å². The van der Waals surface area contributed by atoms with E-state index >= 15 is 0 Å². The van der Waals surface area contributed by atoms with Crippen molar-refractivity contribution in [1.82, 2.24) is 21.1 Å². The van der Waals surface area contributed by atoms with Crippen LogP contribution in [0.15, 0.2) is 24.3 Å². The molecule has 9 nitrogen and oxygen atoms in total. The van der Waals surface area contributed by atoms with Crippen molar-refractivity contribution in [2.75, 3.05) is 26.8 Å². The third-order valence-corrected chi connectivity index (χ3v) is 5.09. The zero-order valence-corrected chi connectivity index (χ0v) is 23.6. The van der Waals surface area contributed by atoms with Crippen LogP contribution in [0.4, 0.5) is 0 Å². The number of hydrazine groups is 1. The van der Waals surface area contributed by atoms with Crippen molar-refractivity contribution < 1.29 is 19.1 Å². The van der Waals surface area contributed by atoms with Crippen molar-refractivity contribution in [1.29, 1.82) is 5.41 Å². The summed E-state index contributed by atoms with van der Waals surface area (Å²) in [5.41, 5.74) is 2.14. The fraction of sp³-hybridized carbons (Fsp3) is 0.652. The second-order valence-corrected chi connectivity index (χ2v) is 11.4. The topological polar surface area (TPSA) is 124 Å². The van der Waals surface area contributed by atoms with Crippen molar-refractivity contribution in [2.24, 2.45) is 11.3 Å². The summed E-state index contributed by atoms with van der Waals surface area (Å²) < 4.78 is 3.68. The van der Waals surface area contributed by atoms with Gasteiger partial charge in [-0.15, -0.1) is 0 Å². The number of allylic oxidation sites excluding steroid dienone is 3. The van der Waals surface area contributed by atoms with Crippen LogP contribution in [0.25, 0.3) is 0 Å². The van der Waals surface area contributed by atoms with E-state index in [1.807, 2.05) is 0 Å². The third kappa shape index (κ3) is 13.9. The molecular weight excluding hydrogens is 517 g/mol. The molecule has 0 radical (unpaired) electrons. The Morgan fingerprint density at radius 2 is 1.69 bits per heavy atom. The number of hydrogen-bond acceptors (Lipinski definition) is 6. The number of nitrogens with one attached hydrogen (secondary N) is 4. The molecule has 200 valence electrons. The van der Waals surface area contributed by atoms with Crippen molar-refractivity contribution >= 4 is 58.2 Å². The summed E-state index contributed by atoms with van der Waals surface area (Å²) in [7, 11) is 1.52. The highest BCUT2D eigenvalue weighted by molar-refractivity contribution is 6.67. The molecule has 12 heteroatoms. The molecule has 0 spiro atoms. The van der Waals surface area contributed by atoms with E-state index in [-0.39, 0.29) is 43.2 Å². The summed E-state index contributed by atoms with van der Waals surface area (Å²) in [6, 6.07) is -1.71. The van der Waals surface area contributed by atoms with Gasteiger partial charge in [0.15, 0.2) is 0 Å². The van der Waals surface area contributed by atoms with Crippen LogP contribution in [0.1, 0.15) is 41.5 Å². The first-order chi connectivity index (χ1) is 16.0. The molecule has 0 saturated heterocycles. The Morgan fingerprint density at radius 3 is 2.20 bits per heavy atom. The summed E-state index contributed by atoms with van der Waals surface area (Å²) >= 11 is 16.8. The van der Waals surface area contributed by atoms with Gasteiger partial charge in [-0.3, -0.25) is 19.4 Å². The van der Waals surface area contributed by atoms with E-state index in [9.17, 15) is 14.4 Å². The predicted octanol–water partition coefficient (Wildman–Crippen LogP) is 3.16. The minimum absolute atomic E-state index is 0.0866. The zero-order chi connectivity index (χ0) is 27.4. The van der Waals surface area contributed by atoms with Gasteiger partial charge >= 0.3 is 0 Å². The molecule has 0 aliphatic rings. The first-order valence-corrected chi connectivity index (χ1v) is 12.3. The third-order valence-electron chi connectivity index (χ3n) is 4.77. The molecule has 0 aliphatic heterocycles. The average Bonchev–Trinajstić information content (AvgIpc) is 2.73. The molecule has 4 N–H and O–H groups in total. The molecule has 2 unspecified atom stereocenters. The molecule has 0 rings (SSSR count). The van der Waals surface area contributed by atoms with Gasteiger partial charge in [0, 0.05) is 13.6 Å². The molecule has 0 fully saturated rings. The number of halogens is 3. The number of alkyl halides is 3. The van der Waals surface area contributed by atoms with Gasteiger partial charge in [-0.25, -0.2) is 5.43 Å². The first-order valence-electron chi connectivity index (χ1n) is 11.2. The minimum atomic E-state index is -1.51. The molecule has 0 aromatic rings. The highest BCUT2D eigenvalue weighted by Gasteiger charge is 2.32. The second kappa shape index (κ2) is 15.5. The molecule has 0 aromatic carbocycles. The minimum Gasteiger partial charge on any atom is -0.376 e. The van der Waals surface area contributed by atoms with E-state index in [2.05, 4.69) is 16.1 Å². The lowest BCUT2D eigenvalue weighted by Gasteiger charge is -2.29. The van der Waals surface area contributed by atoms with Gasteiger partial charge in [0.1, 0.15) is 12.1 Å². The number of carbonyl (C=O) groups is 3. The van der Waals surface area contributed by atoms with E-state index in [1.165, 1.54) is 18.1 Å². The summed E-state index contributed by atoms with van der Waals surface area (Å²) in [5.74, 6) is -1.47. The van der Waals surface area contributed by atoms with Gasteiger partial charge in [-0.05, 0) is 45.8 Å². The molecule has 2 atom stereocenters. The summed E-state index contributed by atoms with van der Waals surface area (Å²) in [4.78, 5) is 38.4. The smallest absolute Gasteiger partial charge is 0.258 e. The molecular formula is C23H38Cl3N5O4. The second-order valence-electron chi connectivity index (χ2n) is 8.91. The fourth-order valence-electron chi connectivity index (χ4n) is 2.68. The largest absolute Gasteiger partial charge is 0.376 e. The number of rotatable bonds is 14. The van der Waals surface area contributed by atoms with Gasteiger partial charge in [0.05, 0.1) is 24.3 Å². The number of carbonyl (C=O) groups excluding carboxylic acids is 3. The quantitative estimate of drug-likeness (QED) is 0.114. The highest BCUT2D eigenvalue weighted by atomic mass is 35.6. The van der Waals surface area contributed by atoms with Crippen LogP contribution in [-0.2, 0) is 19.1 Å². The Kier molecular flexibility index (Phi) is 14.7. The Bertz CT molecular complexity index is 795. The van der Waals surface area contributed by atoms with Crippen LogP contribution in [0.3, 0.4) is 0 Å². The SMILES string of the molecule is C/C=C/C(=N)/C=C/C(C)(C)C(=O)NC(C(=O)NC(C)C(=O)N(C)NCCOCC(Cl)(Cl)Cl)C(C)C. The zero-order valence-electron chi connectivity index (χ0n) is 21.4. The lowest BCUT2D eigenvalue weighted by molar-refractivity contribution is -0.139. The number of amides is 3.